The SMILES string of the molecule is C=CCNC(=C)C(N)=O. The smallest absolute Gasteiger partial charge is 0.264 e. The summed E-state index contributed by atoms with van der Waals surface area (Å²) in [6.45, 7) is 7.31. The van der Waals surface area contributed by atoms with Gasteiger partial charge < -0.3 is 11.1 Å². The molecule has 0 fully saturated rings. The number of carbonyl (C=O) groups is 1. The van der Waals surface area contributed by atoms with Crippen molar-refractivity contribution in [3.8, 4) is 0 Å². The molecular formula is C6H10N2O. The van der Waals surface area contributed by atoms with Gasteiger partial charge in [-0.2, -0.15) is 0 Å². The van der Waals surface area contributed by atoms with Crippen LogP contribution in [0.25, 0.3) is 0 Å². The molecule has 3 nitrogen and oxygen atoms in total. The largest absolute Gasteiger partial charge is 0.378 e. The molecule has 0 saturated carbocycles. The van der Waals surface area contributed by atoms with Crippen molar-refractivity contribution >= 4 is 5.91 Å². The molecular weight excluding hydrogens is 116 g/mol. The minimum absolute atomic E-state index is 0.218. The monoisotopic (exact) mass is 126 g/mol. The molecule has 0 aromatic heterocycles. The van der Waals surface area contributed by atoms with E-state index >= 15 is 0 Å². The van der Waals surface area contributed by atoms with Crippen LogP contribution in [0.5, 0.6) is 0 Å². The maximum atomic E-state index is 10.2. The van der Waals surface area contributed by atoms with E-state index in [2.05, 4.69) is 18.5 Å². The van der Waals surface area contributed by atoms with Gasteiger partial charge in [0.2, 0.25) is 0 Å². The summed E-state index contributed by atoms with van der Waals surface area (Å²) in [5.41, 5.74) is 5.06. The van der Waals surface area contributed by atoms with Crippen LogP contribution in [0.4, 0.5) is 0 Å². The van der Waals surface area contributed by atoms with Crippen LogP contribution in [0.2, 0.25) is 0 Å². The third-order valence-corrected chi connectivity index (χ3v) is 0.757. The summed E-state index contributed by atoms with van der Waals surface area (Å²) in [4.78, 5) is 10.2. The van der Waals surface area contributed by atoms with Gasteiger partial charge in [-0.1, -0.05) is 12.7 Å². The van der Waals surface area contributed by atoms with Crippen LogP contribution in [0.1, 0.15) is 0 Å². The van der Waals surface area contributed by atoms with E-state index < -0.39 is 5.91 Å². The van der Waals surface area contributed by atoms with Crippen LogP contribution in [0, 0.1) is 0 Å². The first-order chi connectivity index (χ1) is 4.18. The van der Waals surface area contributed by atoms with Crippen LogP contribution in [-0.4, -0.2) is 12.5 Å². The zero-order chi connectivity index (χ0) is 7.28. The maximum Gasteiger partial charge on any atom is 0.264 e. The number of hydrogen-bond donors (Lipinski definition) is 2. The molecule has 0 heterocycles. The molecule has 50 valence electrons. The Bertz CT molecular complexity index is 140. The maximum absolute atomic E-state index is 10.2. The number of primary amides is 1. The highest BCUT2D eigenvalue weighted by Crippen LogP contribution is 1.77. The standard InChI is InChI=1S/C6H10N2O/c1-3-4-8-5(2)6(7)9/h3,8H,1-2,4H2,(H2,7,9). The Morgan fingerprint density at radius 3 is 2.67 bits per heavy atom. The molecule has 0 radical (unpaired) electrons. The zero-order valence-electron chi connectivity index (χ0n) is 5.18. The summed E-state index contributed by atoms with van der Waals surface area (Å²) in [6, 6.07) is 0. The normalized spacial score (nSPS) is 8.00. The second-order valence-corrected chi connectivity index (χ2v) is 1.51. The minimum Gasteiger partial charge on any atom is -0.378 e. The van der Waals surface area contributed by atoms with Crippen LogP contribution < -0.4 is 11.1 Å². The van der Waals surface area contributed by atoms with Gasteiger partial charge in [0.25, 0.3) is 5.91 Å². The molecule has 9 heavy (non-hydrogen) atoms. The average Bonchev–Trinajstić information content (AvgIpc) is 1.82. The summed E-state index contributed by atoms with van der Waals surface area (Å²) in [5, 5.41) is 2.64. The Kier molecular flexibility index (Phi) is 3.20. The lowest BCUT2D eigenvalue weighted by Gasteiger charge is -1.99. The van der Waals surface area contributed by atoms with Gasteiger partial charge in [0.05, 0.1) is 5.70 Å². The van der Waals surface area contributed by atoms with Crippen LogP contribution >= 0.6 is 0 Å². The number of rotatable bonds is 4. The predicted molar refractivity (Wildman–Crippen MR) is 36.5 cm³/mol. The Hall–Kier alpha value is -1.25. The minimum atomic E-state index is -0.531. The lowest BCUT2D eigenvalue weighted by atomic mass is 10.4. The highest BCUT2D eigenvalue weighted by atomic mass is 16.1. The summed E-state index contributed by atoms with van der Waals surface area (Å²) in [6.07, 6.45) is 1.62. The topological polar surface area (TPSA) is 55.1 Å². The molecule has 0 aliphatic heterocycles. The highest BCUT2D eigenvalue weighted by molar-refractivity contribution is 5.90. The van der Waals surface area contributed by atoms with Gasteiger partial charge in [-0.3, -0.25) is 4.79 Å². The van der Waals surface area contributed by atoms with E-state index in [1.807, 2.05) is 0 Å². The molecule has 0 aliphatic carbocycles. The van der Waals surface area contributed by atoms with E-state index in [4.69, 9.17) is 5.73 Å². The Morgan fingerprint density at radius 2 is 2.33 bits per heavy atom. The fraction of sp³-hybridized carbons (Fsp3) is 0.167. The van der Waals surface area contributed by atoms with Crippen molar-refractivity contribution in [1.29, 1.82) is 0 Å². The summed E-state index contributed by atoms with van der Waals surface area (Å²) in [7, 11) is 0. The number of carbonyl (C=O) groups excluding carboxylic acids is 1. The number of nitrogens with one attached hydrogen (secondary N) is 1. The van der Waals surface area contributed by atoms with E-state index in [1.165, 1.54) is 0 Å². The quantitative estimate of drug-likeness (QED) is 0.403. The molecule has 0 rings (SSSR count). The van der Waals surface area contributed by atoms with Crippen molar-refractivity contribution < 1.29 is 4.79 Å². The number of amides is 1. The van der Waals surface area contributed by atoms with Gasteiger partial charge in [0.15, 0.2) is 0 Å². The van der Waals surface area contributed by atoms with Crippen molar-refractivity contribution in [1.82, 2.24) is 5.32 Å². The highest BCUT2D eigenvalue weighted by Gasteiger charge is 1.95. The van der Waals surface area contributed by atoms with E-state index in [0.29, 0.717) is 6.54 Å². The fourth-order valence-electron chi connectivity index (χ4n) is 0.282. The van der Waals surface area contributed by atoms with Gasteiger partial charge in [0.1, 0.15) is 0 Å². The van der Waals surface area contributed by atoms with Crippen LogP contribution in [-0.2, 0) is 4.79 Å². The zero-order valence-corrected chi connectivity index (χ0v) is 5.18. The van der Waals surface area contributed by atoms with Gasteiger partial charge in [-0.05, 0) is 0 Å². The predicted octanol–water partition coefficient (Wildman–Crippen LogP) is -0.239. The van der Waals surface area contributed by atoms with Gasteiger partial charge in [-0.15, -0.1) is 6.58 Å². The van der Waals surface area contributed by atoms with Gasteiger partial charge in [0, 0.05) is 6.54 Å². The van der Waals surface area contributed by atoms with E-state index in [9.17, 15) is 4.79 Å². The van der Waals surface area contributed by atoms with Crippen molar-refractivity contribution in [3.05, 3.63) is 24.9 Å². The third kappa shape index (κ3) is 3.34. The first kappa shape index (κ1) is 7.75. The molecule has 0 aromatic rings. The molecule has 0 bridgehead atoms. The van der Waals surface area contributed by atoms with Crippen molar-refractivity contribution in [2.75, 3.05) is 6.54 Å². The molecule has 1 amide bonds. The second kappa shape index (κ2) is 3.72. The number of hydrogen-bond acceptors (Lipinski definition) is 2. The lowest BCUT2D eigenvalue weighted by molar-refractivity contribution is -0.114. The summed E-state index contributed by atoms with van der Waals surface area (Å²) < 4.78 is 0. The molecule has 0 aromatic carbocycles. The summed E-state index contributed by atoms with van der Waals surface area (Å²) >= 11 is 0. The van der Waals surface area contributed by atoms with Crippen molar-refractivity contribution in [2.45, 2.75) is 0 Å². The van der Waals surface area contributed by atoms with Crippen LogP contribution in [0.15, 0.2) is 24.9 Å². The van der Waals surface area contributed by atoms with E-state index in [-0.39, 0.29) is 5.70 Å². The average molecular weight is 126 g/mol. The first-order valence-corrected chi connectivity index (χ1v) is 2.52. The molecule has 0 atom stereocenters. The Morgan fingerprint density at radius 1 is 1.78 bits per heavy atom. The fourth-order valence-corrected chi connectivity index (χ4v) is 0.282. The molecule has 3 N–H and O–H groups in total. The van der Waals surface area contributed by atoms with Gasteiger partial charge in [-0.25, -0.2) is 0 Å². The molecule has 0 spiro atoms. The molecule has 0 unspecified atom stereocenters. The molecule has 0 aliphatic rings. The van der Waals surface area contributed by atoms with Crippen molar-refractivity contribution in [2.24, 2.45) is 5.73 Å². The Balaban J connectivity index is 3.51. The van der Waals surface area contributed by atoms with E-state index in [0.717, 1.165) is 0 Å². The first-order valence-electron chi connectivity index (χ1n) is 2.52. The second-order valence-electron chi connectivity index (χ2n) is 1.51. The Labute approximate surface area is 54.2 Å². The number of nitrogens with two attached hydrogens (primary N) is 1. The summed E-state index contributed by atoms with van der Waals surface area (Å²) in [5.74, 6) is -0.531. The van der Waals surface area contributed by atoms with Crippen LogP contribution in [0.3, 0.4) is 0 Å². The van der Waals surface area contributed by atoms with Gasteiger partial charge >= 0.3 is 0 Å². The lowest BCUT2D eigenvalue weighted by Crippen LogP contribution is -2.25. The van der Waals surface area contributed by atoms with Crippen molar-refractivity contribution in [3.63, 3.8) is 0 Å². The molecule has 0 saturated heterocycles. The van der Waals surface area contributed by atoms with E-state index in [1.54, 1.807) is 6.08 Å². The third-order valence-electron chi connectivity index (χ3n) is 0.757. The molecule has 3 heteroatoms.